The number of nitrogens with one attached hydrogen (secondary N) is 1. The molecule has 1 atom stereocenters. The lowest BCUT2D eigenvalue weighted by Crippen LogP contribution is -3.22. The van der Waals surface area contributed by atoms with E-state index in [0.717, 1.165) is 39.1 Å². The van der Waals surface area contributed by atoms with Gasteiger partial charge in [-0.25, -0.2) is 0 Å². The van der Waals surface area contributed by atoms with Crippen molar-refractivity contribution in [2.24, 2.45) is 0 Å². The number of hydrogen-bond donors (Lipinski definition) is 1. The van der Waals surface area contributed by atoms with Gasteiger partial charge in [0.15, 0.2) is 5.54 Å². The molecule has 0 saturated carbocycles. The molecule has 1 N–H and O–H groups in total. The van der Waals surface area contributed by atoms with Crippen LogP contribution < -0.4 is 4.90 Å². The number of rotatable bonds is 1. The molecule has 2 heterocycles. The molecule has 2 aliphatic heterocycles. The van der Waals surface area contributed by atoms with Crippen LogP contribution in [-0.2, 0) is 9.47 Å². The molecule has 0 unspecified atom stereocenters. The third-order valence-electron chi connectivity index (χ3n) is 3.74. The van der Waals surface area contributed by atoms with Crippen LogP contribution in [0.5, 0.6) is 0 Å². The summed E-state index contributed by atoms with van der Waals surface area (Å²) in [6.45, 7) is 8.31. The van der Waals surface area contributed by atoms with E-state index in [1.54, 1.807) is 0 Å². The standard InChI is InChI=1S/C12H20N2O2/c1-11(2)9-12(10-13,3-6-16-11)14-4-7-15-8-5-14/h3-9H2,1-2H3/p+1/t12-/m1/s1. The molecule has 0 aromatic carbocycles. The van der Waals surface area contributed by atoms with Crippen LogP contribution in [0.2, 0.25) is 0 Å². The first-order valence-corrected chi connectivity index (χ1v) is 6.06. The van der Waals surface area contributed by atoms with Gasteiger partial charge in [-0.2, -0.15) is 5.26 Å². The van der Waals surface area contributed by atoms with Crippen molar-refractivity contribution in [3.8, 4) is 6.07 Å². The smallest absolute Gasteiger partial charge is 0.189 e. The minimum Gasteiger partial charge on any atom is -0.375 e. The number of nitrogens with zero attached hydrogens (tertiary/aromatic N) is 1. The zero-order valence-corrected chi connectivity index (χ0v) is 10.2. The lowest BCUT2D eigenvalue weighted by molar-refractivity contribution is -0.953. The fraction of sp³-hybridized carbons (Fsp3) is 0.917. The second-order valence-corrected chi connectivity index (χ2v) is 5.44. The molecular weight excluding hydrogens is 204 g/mol. The van der Waals surface area contributed by atoms with Gasteiger partial charge in [0.2, 0.25) is 0 Å². The second-order valence-electron chi connectivity index (χ2n) is 5.44. The van der Waals surface area contributed by atoms with Gasteiger partial charge in [-0.3, -0.25) is 0 Å². The van der Waals surface area contributed by atoms with Gasteiger partial charge in [0.1, 0.15) is 19.2 Å². The summed E-state index contributed by atoms with van der Waals surface area (Å²) in [6.07, 6.45) is 1.67. The van der Waals surface area contributed by atoms with Gasteiger partial charge in [0.25, 0.3) is 0 Å². The van der Waals surface area contributed by atoms with Gasteiger partial charge >= 0.3 is 0 Å². The molecule has 0 amide bonds. The van der Waals surface area contributed by atoms with E-state index in [0.29, 0.717) is 6.61 Å². The Morgan fingerprint density at radius 2 is 1.88 bits per heavy atom. The Kier molecular flexibility index (Phi) is 3.20. The molecule has 0 aromatic heterocycles. The monoisotopic (exact) mass is 225 g/mol. The van der Waals surface area contributed by atoms with Crippen molar-refractivity contribution in [2.45, 2.75) is 37.8 Å². The summed E-state index contributed by atoms with van der Waals surface area (Å²) in [5.74, 6) is 0. The molecule has 0 aromatic rings. The average molecular weight is 225 g/mol. The predicted octanol–water partition coefficient (Wildman–Crippen LogP) is -0.247. The molecule has 4 nitrogen and oxygen atoms in total. The second kappa shape index (κ2) is 4.33. The maximum absolute atomic E-state index is 9.56. The summed E-state index contributed by atoms with van der Waals surface area (Å²) in [5, 5.41) is 9.56. The van der Waals surface area contributed by atoms with Crippen molar-refractivity contribution < 1.29 is 14.4 Å². The fourth-order valence-corrected chi connectivity index (χ4v) is 2.94. The lowest BCUT2D eigenvalue weighted by Gasteiger charge is -2.45. The van der Waals surface area contributed by atoms with Crippen LogP contribution in [0.3, 0.4) is 0 Å². The number of morpholine rings is 1. The highest BCUT2D eigenvalue weighted by molar-refractivity contribution is 5.06. The topological polar surface area (TPSA) is 46.7 Å². The molecule has 2 rings (SSSR count). The molecule has 2 aliphatic rings. The van der Waals surface area contributed by atoms with Crippen molar-refractivity contribution >= 4 is 0 Å². The van der Waals surface area contributed by atoms with Crippen LogP contribution in [0, 0.1) is 11.3 Å². The quantitative estimate of drug-likeness (QED) is 0.669. The SMILES string of the molecule is CC1(C)C[C@](C#N)([NH+]2CCOCC2)CCO1. The van der Waals surface area contributed by atoms with Crippen LogP contribution in [0.4, 0.5) is 0 Å². The summed E-state index contributed by atoms with van der Waals surface area (Å²) >= 11 is 0. The summed E-state index contributed by atoms with van der Waals surface area (Å²) in [5.41, 5.74) is -0.426. The zero-order valence-electron chi connectivity index (χ0n) is 10.2. The van der Waals surface area contributed by atoms with Crippen LogP contribution in [0.1, 0.15) is 26.7 Å². The van der Waals surface area contributed by atoms with E-state index in [9.17, 15) is 5.26 Å². The van der Waals surface area contributed by atoms with Crippen LogP contribution in [0.25, 0.3) is 0 Å². The van der Waals surface area contributed by atoms with Gasteiger partial charge in [-0.1, -0.05) is 0 Å². The number of hydrogen-bond acceptors (Lipinski definition) is 3. The van der Waals surface area contributed by atoms with E-state index in [1.165, 1.54) is 4.90 Å². The first-order valence-electron chi connectivity index (χ1n) is 6.06. The van der Waals surface area contributed by atoms with Crippen LogP contribution in [0.15, 0.2) is 0 Å². The Morgan fingerprint density at radius 1 is 1.19 bits per heavy atom. The molecule has 0 aliphatic carbocycles. The highest BCUT2D eigenvalue weighted by Crippen LogP contribution is 2.29. The molecule has 4 heteroatoms. The molecule has 16 heavy (non-hydrogen) atoms. The third-order valence-corrected chi connectivity index (χ3v) is 3.74. The fourth-order valence-electron chi connectivity index (χ4n) is 2.94. The molecule has 90 valence electrons. The Hall–Kier alpha value is -0.630. The van der Waals surface area contributed by atoms with Gasteiger partial charge in [-0.05, 0) is 13.8 Å². The third kappa shape index (κ3) is 2.22. The highest BCUT2D eigenvalue weighted by Gasteiger charge is 2.49. The maximum Gasteiger partial charge on any atom is 0.189 e. The Labute approximate surface area is 97.1 Å². The van der Waals surface area contributed by atoms with Crippen LogP contribution >= 0.6 is 0 Å². The number of ether oxygens (including phenoxy) is 2. The van der Waals surface area contributed by atoms with Crippen molar-refractivity contribution in [2.75, 3.05) is 32.9 Å². The largest absolute Gasteiger partial charge is 0.375 e. The minimum absolute atomic E-state index is 0.167. The summed E-state index contributed by atoms with van der Waals surface area (Å²) < 4.78 is 11.1. The van der Waals surface area contributed by atoms with E-state index in [-0.39, 0.29) is 11.1 Å². The summed E-state index contributed by atoms with van der Waals surface area (Å²) in [4.78, 5) is 1.39. The van der Waals surface area contributed by atoms with E-state index in [4.69, 9.17) is 9.47 Å². The maximum atomic E-state index is 9.56. The van der Waals surface area contributed by atoms with E-state index in [2.05, 4.69) is 19.9 Å². The molecular formula is C12H21N2O2+. The highest BCUT2D eigenvalue weighted by atomic mass is 16.5. The lowest BCUT2D eigenvalue weighted by atomic mass is 9.80. The van der Waals surface area contributed by atoms with Crippen molar-refractivity contribution in [3.63, 3.8) is 0 Å². The van der Waals surface area contributed by atoms with E-state index < -0.39 is 0 Å². The van der Waals surface area contributed by atoms with Gasteiger partial charge in [0.05, 0.1) is 25.4 Å². The first kappa shape index (κ1) is 11.8. The summed E-state index contributed by atoms with van der Waals surface area (Å²) in [7, 11) is 0. The Morgan fingerprint density at radius 3 is 2.44 bits per heavy atom. The summed E-state index contributed by atoms with van der Waals surface area (Å²) in [6, 6.07) is 2.57. The van der Waals surface area contributed by atoms with Gasteiger partial charge < -0.3 is 14.4 Å². The van der Waals surface area contributed by atoms with E-state index in [1.807, 2.05) is 0 Å². The Bertz CT molecular complexity index is 292. The van der Waals surface area contributed by atoms with Gasteiger partial charge in [0, 0.05) is 12.8 Å². The molecule has 0 bridgehead atoms. The molecule has 0 radical (unpaired) electrons. The van der Waals surface area contributed by atoms with Crippen molar-refractivity contribution in [1.29, 1.82) is 5.26 Å². The molecule has 2 fully saturated rings. The Balaban J connectivity index is 2.15. The molecule has 0 spiro atoms. The minimum atomic E-state index is -0.258. The van der Waals surface area contributed by atoms with Crippen molar-refractivity contribution in [3.05, 3.63) is 0 Å². The first-order chi connectivity index (χ1) is 7.58. The average Bonchev–Trinajstić information content (AvgIpc) is 2.29. The number of nitriles is 1. The zero-order chi connectivity index (χ0) is 11.6. The predicted molar refractivity (Wildman–Crippen MR) is 59.1 cm³/mol. The van der Waals surface area contributed by atoms with Crippen molar-refractivity contribution in [1.82, 2.24) is 0 Å². The van der Waals surface area contributed by atoms with E-state index >= 15 is 0 Å². The number of quaternary nitrogens is 1. The van der Waals surface area contributed by atoms with Crippen LogP contribution in [-0.4, -0.2) is 44.1 Å². The van der Waals surface area contributed by atoms with Gasteiger partial charge in [-0.15, -0.1) is 0 Å². The molecule has 2 saturated heterocycles. The normalized spacial score (nSPS) is 35.6.